The Morgan fingerprint density at radius 2 is 1.92 bits per heavy atom. The number of hydrogen-bond acceptors (Lipinski definition) is 6. The van der Waals surface area contributed by atoms with E-state index in [1.54, 1.807) is 10.7 Å². The molecule has 0 unspecified atom stereocenters. The van der Waals surface area contributed by atoms with Crippen LogP contribution < -0.4 is 0 Å². The first kappa shape index (κ1) is 14.7. The number of aromatic nitrogens is 6. The molecule has 0 radical (unpaired) electrons. The summed E-state index contributed by atoms with van der Waals surface area (Å²) in [6.45, 7) is 0.549. The molecule has 118 valence electrons. The van der Waals surface area contributed by atoms with Gasteiger partial charge in [0.2, 0.25) is 5.16 Å². The third-order valence-electron chi connectivity index (χ3n) is 3.42. The first-order valence-corrected chi connectivity index (χ1v) is 7.99. The second-order valence-electron chi connectivity index (χ2n) is 5.05. The topological polar surface area (TPSA) is 69.4 Å². The zero-order valence-electron chi connectivity index (χ0n) is 12.4. The second kappa shape index (κ2) is 6.32. The van der Waals surface area contributed by atoms with E-state index in [9.17, 15) is 4.39 Å². The number of halogens is 1. The van der Waals surface area contributed by atoms with E-state index in [4.69, 9.17) is 0 Å². The largest absolute Gasteiger partial charge is 0.236 e. The lowest BCUT2D eigenvalue weighted by Crippen LogP contribution is -2.03. The Bertz CT molecular complexity index is 988. The maximum Gasteiger partial charge on any atom is 0.215 e. The smallest absolute Gasteiger partial charge is 0.215 e. The maximum atomic E-state index is 13.6. The SMILES string of the molecule is Fc1ccc2ncnc(Sc3nnnn3Cc3ccccc3)c2c1. The molecule has 0 aliphatic heterocycles. The molecule has 24 heavy (non-hydrogen) atoms. The highest BCUT2D eigenvalue weighted by atomic mass is 32.2. The van der Waals surface area contributed by atoms with Gasteiger partial charge in [0.05, 0.1) is 12.1 Å². The van der Waals surface area contributed by atoms with E-state index >= 15 is 0 Å². The average molecular weight is 338 g/mol. The molecule has 2 heterocycles. The van der Waals surface area contributed by atoms with E-state index in [1.165, 1.54) is 30.2 Å². The van der Waals surface area contributed by atoms with Gasteiger partial charge in [-0.1, -0.05) is 30.3 Å². The molecule has 0 spiro atoms. The normalized spacial score (nSPS) is 11.0. The zero-order chi connectivity index (χ0) is 16.4. The first-order valence-electron chi connectivity index (χ1n) is 7.18. The Morgan fingerprint density at radius 3 is 2.79 bits per heavy atom. The number of nitrogens with zero attached hydrogens (tertiary/aromatic N) is 6. The zero-order valence-corrected chi connectivity index (χ0v) is 13.2. The lowest BCUT2D eigenvalue weighted by Gasteiger charge is -2.06. The molecular formula is C16H11FN6S. The fraction of sp³-hybridized carbons (Fsp3) is 0.0625. The van der Waals surface area contributed by atoms with Gasteiger partial charge in [0.25, 0.3) is 0 Å². The highest BCUT2D eigenvalue weighted by Crippen LogP contribution is 2.29. The van der Waals surface area contributed by atoms with Crippen LogP contribution in [0, 0.1) is 5.82 Å². The minimum atomic E-state index is -0.331. The predicted octanol–water partition coefficient (Wildman–Crippen LogP) is 2.95. The lowest BCUT2D eigenvalue weighted by atomic mass is 10.2. The quantitative estimate of drug-likeness (QED) is 0.533. The van der Waals surface area contributed by atoms with Gasteiger partial charge in [-0.3, -0.25) is 0 Å². The van der Waals surface area contributed by atoms with Crippen molar-refractivity contribution in [3.8, 4) is 0 Å². The van der Waals surface area contributed by atoms with Crippen LogP contribution in [0.25, 0.3) is 10.9 Å². The number of fused-ring (bicyclic) bond motifs is 1. The van der Waals surface area contributed by atoms with Gasteiger partial charge in [-0.05, 0) is 46.0 Å². The van der Waals surface area contributed by atoms with Crippen molar-refractivity contribution < 1.29 is 4.39 Å². The number of tetrazole rings is 1. The molecule has 0 saturated heterocycles. The summed E-state index contributed by atoms with van der Waals surface area (Å²) in [6, 6.07) is 14.3. The molecule has 0 bridgehead atoms. The third-order valence-corrected chi connectivity index (χ3v) is 4.42. The Hall–Kier alpha value is -2.87. The minimum absolute atomic E-state index is 0.331. The van der Waals surface area contributed by atoms with Crippen LogP contribution in [0.1, 0.15) is 5.56 Å². The van der Waals surface area contributed by atoms with Crippen molar-refractivity contribution in [3.63, 3.8) is 0 Å². The fourth-order valence-corrected chi connectivity index (χ4v) is 3.13. The minimum Gasteiger partial charge on any atom is -0.236 e. The van der Waals surface area contributed by atoms with Crippen LogP contribution in [0.4, 0.5) is 4.39 Å². The van der Waals surface area contributed by atoms with E-state index < -0.39 is 0 Å². The van der Waals surface area contributed by atoms with Crippen LogP contribution in [0.3, 0.4) is 0 Å². The van der Waals surface area contributed by atoms with Crippen LogP contribution in [-0.2, 0) is 6.54 Å². The molecule has 0 aliphatic carbocycles. The van der Waals surface area contributed by atoms with Gasteiger partial charge in [-0.15, -0.1) is 5.10 Å². The van der Waals surface area contributed by atoms with Gasteiger partial charge in [0, 0.05) is 5.39 Å². The summed E-state index contributed by atoms with van der Waals surface area (Å²) < 4.78 is 15.2. The van der Waals surface area contributed by atoms with Crippen molar-refractivity contribution >= 4 is 22.7 Å². The summed E-state index contributed by atoms with van der Waals surface area (Å²) in [5.74, 6) is -0.331. The molecule has 6 nitrogen and oxygen atoms in total. The summed E-state index contributed by atoms with van der Waals surface area (Å²) in [4.78, 5) is 8.40. The van der Waals surface area contributed by atoms with Crippen LogP contribution in [0.15, 0.2) is 65.0 Å². The van der Waals surface area contributed by atoms with E-state index in [1.807, 2.05) is 30.3 Å². The van der Waals surface area contributed by atoms with Crippen molar-refractivity contribution in [1.29, 1.82) is 0 Å². The summed E-state index contributed by atoms with van der Waals surface area (Å²) in [7, 11) is 0. The second-order valence-corrected chi connectivity index (χ2v) is 6.00. The van der Waals surface area contributed by atoms with Crippen molar-refractivity contribution in [2.45, 2.75) is 16.7 Å². The van der Waals surface area contributed by atoms with E-state index in [0.29, 0.717) is 27.6 Å². The van der Waals surface area contributed by atoms with E-state index in [-0.39, 0.29) is 5.82 Å². The summed E-state index contributed by atoms with van der Waals surface area (Å²) in [5.41, 5.74) is 1.77. The maximum absolute atomic E-state index is 13.6. The molecule has 0 atom stereocenters. The lowest BCUT2D eigenvalue weighted by molar-refractivity contribution is 0.602. The van der Waals surface area contributed by atoms with Crippen LogP contribution in [0.5, 0.6) is 0 Å². The molecule has 2 aromatic heterocycles. The Kier molecular flexibility index (Phi) is 3.87. The third kappa shape index (κ3) is 2.95. The van der Waals surface area contributed by atoms with Gasteiger partial charge in [-0.2, -0.15) is 0 Å². The fourth-order valence-electron chi connectivity index (χ4n) is 2.30. The van der Waals surface area contributed by atoms with Gasteiger partial charge in [-0.25, -0.2) is 19.0 Å². The summed E-state index contributed by atoms with van der Waals surface area (Å²) in [6.07, 6.45) is 1.45. The number of hydrogen-bond donors (Lipinski definition) is 0. The Morgan fingerprint density at radius 1 is 1.04 bits per heavy atom. The van der Waals surface area contributed by atoms with Gasteiger partial charge >= 0.3 is 0 Å². The molecule has 0 amide bonds. The average Bonchev–Trinajstić information content (AvgIpc) is 3.03. The van der Waals surface area contributed by atoms with Crippen LogP contribution in [0.2, 0.25) is 0 Å². The van der Waals surface area contributed by atoms with Crippen molar-refractivity contribution in [3.05, 3.63) is 66.2 Å². The standard InChI is InChI=1S/C16H11FN6S/c17-12-6-7-14-13(8-12)15(19-10-18-14)24-16-20-21-22-23(16)9-11-4-2-1-3-5-11/h1-8,10H,9H2. The first-order chi connectivity index (χ1) is 11.8. The monoisotopic (exact) mass is 338 g/mol. The molecule has 4 rings (SSSR count). The van der Waals surface area contributed by atoms with E-state index in [0.717, 1.165) is 5.56 Å². The Labute approximate surface area is 140 Å². The molecule has 0 fully saturated rings. The molecule has 0 saturated carbocycles. The van der Waals surface area contributed by atoms with Crippen LogP contribution >= 0.6 is 11.8 Å². The highest BCUT2D eigenvalue weighted by molar-refractivity contribution is 7.99. The molecule has 2 aromatic carbocycles. The number of benzene rings is 2. The molecular weight excluding hydrogens is 327 g/mol. The molecule has 4 aromatic rings. The van der Waals surface area contributed by atoms with Gasteiger partial charge < -0.3 is 0 Å². The molecule has 0 aliphatic rings. The predicted molar refractivity (Wildman–Crippen MR) is 87.0 cm³/mol. The molecule has 8 heteroatoms. The van der Waals surface area contributed by atoms with Crippen molar-refractivity contribution in [1.82, 2.24) is 30.2 Å². The Balaban J connectivity index is 1.67. The highest BCUT2D eigenvalue weighted by Gasteiger charge is 2.13. The summed E-state index contributed by atoms with van der Waals surface area (Å²) in [5, 5.41) is 13.6. The van der Waals surface area contributed by atoms with Crippen molar-refractivity contribution in [2.75, 3.05) is 0 Å². The van der Waals surface area contributed by atoms with Crippen LogP contribution in [-0.4, -0.2) is 30.2 Å². The van der Waals surface area contributed by atoms with Gasteiger partial charge in [0.1, 0.15) is 17.2 Å². The van der Waals surface area contributed by atoms with Crippen molar-refractivity contribution in [2.24, 2.45) is 0 Å². The number of rotatable bonds is 4. The molecule has 0 N–H and O–H groups in total. The van der Waals surface area contributed by atoms with Gasteiger partial charge in [0.15, 0.2) is 0 Å². The van der Waals surface area contributed by atoms with E-state index in [2.05, 4.69) is 25.5 Å². The summed E-state index contributed by atoms with van der Waals surface area (Å²) >= 11 is 1.29.